The number of hydrogen-bond acceptors (Lipinski definition) is 4. The van der Waals surface area contributed by atoms with E-state index in [-0.39, 0.29) is 11.7 Å². The Hall–Kier alpha value is -1.92. The highest BCUT2D eigenvalue weighted by atomic mass is 32.1. The van der Waals surface area contributed by atoms with E-state index in [1.54, 1.807) is 4.57 Å². The van der Waals surface area contributed by atoms with Crippen LogP contribution in [0.25, 0.3) is 10.2 Å². The number of aromatic amines is 1. The first-order valence-electron chi connectivity index (χ1n) is 6.67. The summed E-state index contributed by atoms with van der Waals surface area (Å²) in [5.74, 6) is 0.905. The van der Waals surface area contributed by atoms with Gasteiger partial charge in [-0.15, -0.1) is 11.3 Å². The Morgan fingerprint density at radius 3 is 3.10 bits per heavy atom. The van der Waals surface area contributed by atoms with Gasteiger partial charge in [-0.2, -0.15) is 0 Å². The predicted molar refractivity (Wildman–Crippen MR) is 85.8 cm³/mol. The number of benzene rings is 1. The van der Waals surface area contributed by atoms with Crippen LogP contribution in [0.5, 0.6) is 5.75 Å². The molecule has 2 aromatic heterocycles. The first-order valence-corrected chi connectivity index (χ1v) is 7.96. The summed E-state index contributed by atoms with van der Waals surface area (Å²) in [6, 6.07) is 9.85. The molecule has 3 heterocycles. The maximum absolute atomic E-state index is 12.5. The van der Waals surface area contributed by atoms with E-state index in [1.807, 2.05) is 29.6 Å². The van der Waals surface area contributed by atoms with E-state index in [0.29, 0.717) is 16.0 Å². The fourth-order valence-electron chi connectivity index (χ4n) is 2.70. The molecular formula is C15H12N2O2S2. The second-order valence-electron chi connectivity index (χ2n) is 5.06. The van der Waals surface area contributed by atoms with Crippen molar-refractivity contribution in [3.8, 4) is 5.75 Å². The van der Waals surface area contributed by atoms with Gasteiger partial charge in [0, 0.05) is 6.42 Å². The molecular weight excluding hydrogens is 304 g/mol. The molecule has 1 aliphatic heterocycles. The average molecular weight is 316 g/mol. The van der Waals surface area contributed by atoms with Crippen molar-refractivity contribution >= 4 is 33.8 Å². The van der Waals surface area contributed by atoms with Crippen LogP contribution in [-0.2, 0) is 13.0 Å². The minimum atomic E-state index is -0.0485. The third-order valence-electron chi connectivity index (χ3n) is 3.69. The molecule has 1 atom stereocenters. The molecule has 0 amide bonds. The van der Waals surface area contributed by atoms with E-state index >= 15 is 0 Å². The third-order valence-corrected chi connectivity index (χ3v) is 4.92. The van der Waals surface area contributed by atoms with Crippen molar-refractivity contribution < 1.29 is 4.74 Å². The summed E-state index contributed by atoms with van der Waals surface area (Å²) in [5, 5.41) is 1.89. The fraction of sp³-hybridized carbons (Fsp3) is 0.200. The van der Waals surface area contributed by atoms with Gasteiger partial charge >= 0.3 is 0 Å². The number of nitrogens with zero attached hydrogens (tertiary/aromatic N) is 1. The largest absolute Gasteiger partial charge is 0.488 e. The zero-order valence-electron chi connectivity index (χ0n) is 11.0. The van der Waals surface area contributed by atoms with E-state index < -0.39 is 0 Å². The van der Waals surface area contributed by atoms with E-state index in [9.17, 15) is 4.79 Å². The number of H-pyrrole nitrogens is 1. The van der Waals surface area contributed by atoms with Crippen molar-refractivity contribution in [3.05, 3.63) is 56.4 Å². The van der Waals surface area contributed by atoms with Crippen LogP contribution in [0.1, 0.15) is 5.56 Å². The van der Waals surface area contributed by atoms with Crippen molar-refractivity contribution in [2.75, 3.05) is 0 Å². The quantitative estimate of drug-likeness (QED) is 0.739. The highest BCUT2D eigenvalue weighted by Gasteiger charge is 2.23. The van der Waals surface area contributed by atoms with Crippen molar-refractivity contribution in [2.24, 2.45) is 0 Å². The van der Waals surface area contributed by atoms with Crippen LogP contribution in [-0.4, -0.2) is 15.7 Å². The van der Waals surface area contributed by atoms with Crippen LogP contribution in [0, 0.1) is 4.77 Å². The van der Waals surface area contributed by atoms with E-state index in [2.05, 4.69) is 11.1 Å². The minimum absolute atomic E-state index is 0.0386. The first kappa shape index (κ1) is 12.8. The smallest absolute Gasteiger partial charge is 0.272 e. The van der Waals surface area contributed by atoms with Gasteiger partial charge in [0.1, 0.15) is 16.6 Å². The molecule has 1 aromatic carbocycles. The monoisotopic (exact) mass is 316 g/mol. The Labute approximate surface area is 129 Å². The summed E-state index contributed by atoms with van der Waals surface area (Å²) in [4.78, 5) is 15.6. The number of hydrogen-bond donors (Lipinski definition) is 1. The van der Waals surface area contributed by atoms with Crippen LogP contribution in [0.2, 0.25) is 0 Å². The summed E-state index contributed by atoms with van der Waals surface area (Å²) >= 11 is 6.74. The molecule has 0 aliphatic carbocycles. The lowest BCUT2D eigenvalue weighted by Crippen LogP contribution is -2.30. The minimum Gasteiger partial charge on any atom is -0.488 e. The first-order chi connectivity index (χ1) is 10.2. The lowest BCUT2D eigenvalue weighted by Gasteiger charge is -2.12. The number of rotatable bonds is 2. The van der Waals surface area contributed by atoms with Gasteiger partial charge in [-0.25, -0.2) is 0 Å². The molecule has 4 nitrogen and oxygen atoms in total. The third kappa shape index (κ3) is 2.11. The van der Waals surface area contributed by atoms with Crippen LogP contribution in [0.4, 0.5) is 0 Å². The molecule has 0 spiro atoms. The molecule has 0 saturated carbocycles. The summed E-state index contributed by atoms with van der Waals surface area (Å²) in [7, 11) is 0. The van der Waals surface area contributed by atoms with Gasteiger partial charge in [-0.3, -0.25) is 9.36 Å². The van der Waals surface area contributed by atoms with Crippen molar-refractivity contribution in [1.82, 2.24) is 9.55 Å². The average Bonchev–Trinajstić information content (AvgIpc) is 3.09. The standard InChI is InChI=1S/C15H12N2O2S2/c18-14-13-11(5-6-21-13)16-15(20)17(14)8-10-7-9-3-1-2-4-12(9)19-10/h1-6,10H,7-8H2,(H,16,20). The number of fused-ring (bicyclic) bond motifs is 2. The molecule has 0 fully saturated rings. The molecule has 1 N–H and O–H groups in total. The molecule has 106 valence electrons. The molecule has 0 bridgehead atoms. The van der Waals surface area contributed by atoms with Gasteiger partial charge in [-0.1, -0.05) is 18.2 Å². The fourth-order valence-corrected chi connectivity index (χ4v) is 3.76. The number of para-hydroxylation sites is 1. The van der Waals surface area contributed by atoms with Crippen LogP contribution < -0.4 is 10.3 Å². The van der Waals surface area contributed by atoms with Crippen LogP contribution in [0.15, 0.2) is 40.5 Å². The Morgan fingerprint density at radius 2 is 2.24 bits per heavy atom. The number of thiophene rings is 1. The van der Waals surface area contributed by atoms with E-state index in [1.165, 1.54) is 16.9 Å². The molecule has 6 heteroatoms. The van der Waals surface area contributed by atoms with Gasteiger partial charge in [-0.05, 0) is 35.3 Å². The molecule has 1 unspecified atom stereocenters. The summed E-state index contributed by atoms with van der Waals surface area (Å²) in [6.45, 7) is 0.469. The Morgan fingerprint density at radius 1 is 1.38 bits per heavy atom. The Kier molecular flexibility index (Phi) is 2.94. The lowest BCUT2D eigenvalue weighted by atomic mass is 10.1. The zero-order chi connectivity index (χ0) is 14.4. The zero-order valence-corrected chi connectivity index (χ0v) is 12.7. The number of aromatic nitrogens is 2. The summed E-state index contributed by atoms with van der Waals surface area (Å²) < 4.78 is 8.66. The summed E-state index contributed by atoms with van der Waals surface area (Å²) in [5.41, 5.74) is 1.95. The molecule has 0 saturated heterocycles. The maximum atomic E-state index is 12.5. The molecule has 3 aromatic rings. The van der Waals surface area contributed by atoms with E-state index in [0.717, 1.165) is 17.7 Å². The van der Waals surface area contributed by atoms with Crippen molar-refractivity contribution in [1.29, 1.82) is 0 Å². The van der Waals surface area contributed by atoms with Gasteiger partial charge in [0.2, 0.25) is 0 Å². The van der Waals surface area contributed by atoms with E-state index in [4.69, 9.17) is 17.0 Å². The number of ether oxygens (including phenoxy) is 1. The normalized spacial score (nSPS) is 16.9. The van der Waals surface area contributed by atoms with Crippen molar-refractivity contribution in [3.63, 3.8) is 0 Å². The SMILES string of the molecule is O=c1c2sccc2[nH]c(=S)n1CC1Cc2ccccc2O1. The van der Waals surface area contributed by atoms with Crippen molar-refractivity contribution in [2.45, 2.75) is 19.1 Å². The maximum Gasteiger partial charge on any atom is 0.272 e. The van der Waals surface area contributed by atoms with Gasteiger partial charge < -0.3 is 9.72 Å². The highest BCUT2D eigenvalue weighted by molar-refractivity contribution is 7.71. The second-order valence-corrected chi connectivity index (χ2v) is 6.36. The van der Waals surface area contributed by atoms with Crippen LogP contribution in [0.3, 0.4) is 0 Å². The summed E-state index contributed by atoms with van der Waals surface area (Å²) in [6.07, 6.45) is 0.757. The molecule has 4 rings (SSSR count). The predicted octanol–water partition coefficient (Wildman–Crippen LogP) is 3.12. The molecule has 21 heavy (non-hydrogen) atoms. The topological polar surface area (TPSA) is 47.0 Å². The Bertz CT molecular complexity index is 913. The van der Waals surface area contributed by atoms with Gasteiger partial charge in [0.25, 0.3) is 5.56 Å². The highest BCUT2D eigenvalue weighted by Crippen LogP contribution is 2.28. The second kappa shape index (κ2) is 4.82. The van der Waals surface area contributed by atoms with Gasteiger partial charge in [0.05, 0.1) is 12.1 Å². The lowest BCUT2D eigenvalue weighted by molar-refractivity contribution is 0.206. The van der Waals surface area contributed by atoms with Crippen LogP contribution >= 0.6 is 23.6 Å². The van der Waals surface area contributed by atoms with Gasteiger partial charge in [0.15, 0.2) is 4.77 Å². The molecule has 1 aliphatic rings. The number of nitrogens with one attached hydrogen (secondary N) is 1. The Balaban J connectivity index is 1.70. The molecule has 0 radical (unpaired) electrons.